The quantitative estimate of drug-likeness (QED) is 0.675. The molecule has 0 heterocycles. The molecular weight excluding hydrogens is 308 g/mol. The van der Waals surface area contributed by atoms with Gasteiger partial charge in [-0.1, -0.05) is 37.3 Å². The van der Waals surface area contributed by atoms with Crippen molar-refractivity contribution in [3.8, 4) is 5.75 Å². The molecular formula is C23H28O2. The summed E-state index contributed by atoms with van der Waals surface area (Å²) in [5, 5.41) is 2.56. The first-order valence-electron chi connectivity index (χ1n) is 9.29. The summed E-state index contributed by atoms with van der Waals surface area (Å²) in [6.45, 7) is 8.85. The molecule has 0 unspecified atom stereocenters. The van der Waals surface area contributed by atoms with Crippen LogP contribution in [-0.4, -0.2) is 18.8 Å². The molecule has 0 aliphatic heterocycles. The van der Waals surface area contributed by atoms with Crippen molar-refractivity contribution in [1.82, 2.24) is 0 Å². The van der Waals surface area contributed by atoms with Crippen molar-refractivity contribution >= 4 is 16.8 Å². The molecule has 2 heteroatoms. The van der Waals surface area contributed by atoms with Crippen molar-refractivity contribution in [2.75, 3.05) is 7.11 Å². The van der Waals surface area contributed by atoms with E-state index in [9.17, 15) is 0 Å². The van der Waals surface area contributed by atoms with Crippen LogP contribution in [0.25, 0.3) is 16.8 Å². The molecule has 1 fully saturated rings. The summed E-state index contributed by atoms with van der Waals surface area (Å²) >= 11 is 0. The van der Waals surface area contributed by atoms with Gasteiger partial charge in [0.25, 0.3) is 0 Å². The van der Waals surface area contributed by atoms with Gasteiger partial charge < -0.3 is 9.47 Å². The van der Waals surface area contributed by atoms with E-state index < -0.39 is 0 Å². The zero-order chi connectivity index (χ0) is 17.8. The lowest BCUT2D eigenvalue weighted by molar-refractivity contribution is -0.0909. The highest BCUT2D eigenvalue weighted by Crippen LogP contribution is 2.56. The highest BCUT2D eigenvalue weighted by Gasteiger charge is 2.49. The van der Waals surface area contributed by atoms with Gasteiger partial charge in [0, 0.05) is 5.41 Å². The van der Waals surface area contributed by atoms with Gasteiger partial charge in [0.05, 0.1) is 18.8 Å². The SMILES string of the molecule is COc1ccc2c3c(ccc2c1)[C@@H]1CC[C@H](OC(C)(C)C)[C@@]1(C)C=C3. The third-order valence-corrected chi connectivity index (χ3v) is 5.94. The van der Waals surface area contributed by atoms with Crippen molar-refractivity contribution in [3.63, 3.8) is 0 Å². The Hall–Kier alpha value is -1.80. The predicted octanol–water partition coefficient (Wildman–Crippen LogP) is 5.94. The fourth-order valence-electron chi connectivity index (χ4n) is 4.72. The minimum Gasteiger partial charge on any atom is -0.497 e. The Morgan fingerprint density at radius 3 is 2.60 bits per heavy atom. The van der Waals surface area contributed by atoms with Crippen LogP contribution in [-0.2, 0) is 4.74 Å². The zero-order valence-corrected chi connectivity index (χ0v) is 15.9. The van der Waals surface area contributed by atoms with Crippen LogP contribution in [0.2, 0.25) is 0 Å². The van der Waals surface area contributed by atoms with Gasteiger partial charge in [-0.05, 0) is 73.6 Å². The van der Waals surface area contributed by atoms with E-state index in [1.807, 2.05) is 0 Å². The highest BCUT2D eigenvalue weighted by atomic mass is 16.5. The summed E-state index contributed by atoms with van der Waals surface area (Å²) in [5.41, 5.74) is 2.83. The van der Waals surface area contributed by atoms with Crippen LogP contribution in [0, 0.1) is 5.41 Å². The zero-order valence-electron chi connectivity index (χ0n) is 15.9. The van der Waals surface area contributed by atoms with E-state index in [4.69, 9.17) is 9.47 Å². The topological polar surface area (TPSA) is 18.5 Å². The lowest BCUT2D eigenvalue weighted by Gasteiger charge is -2.40. The molecule has 0 spiro atoms. The minimum absolute atomic E-state index is 0.0838. The number of hydrogen-bond acceptors (Lipinski definition) is 2. The summed E-state index contributed by atoms with van der Waals surface area (Å²) in [4.78, 5) is 0. The molecule has 4 rings (SSSR count). The van der Waals surface area contributed by atoms with E-state index in [0.717, 1.165) is 12.2 Å². The maximum Gasteiger partial charge on any atom is 0.119 e. The summed E-state index contributed by atoms with van der Waals surface area (Å²) in [5.74, 6) is 1.45. The standard InChI is InChI=1S/C23H28O2/c1-22(2,3)25-21-11-10-20-19-8-6-15-14-16(24-5)7-9-17(15)18(19)12-13-23(20,21)4/h6-9,12-14,20-21H,10-11H2,1-5H3/t20-,21-,23-/m0/s1. The van der Waals surface area contributed by atoms with Crippen LogP contribution in [0.3, 0.4) is 0 Å². The molecule has 2 aromatic carbocycles. The second kappa shape index (κ2) is 5.60. The van der Waals surface area contributed by atoms with E-state index in [0.29, 0.717) is 5.92 Å². The molecule has 2 nitrogen and oxygen atoms in total. The lowest BCUT2D eigenvalue weighted by Crippen LogP contribution is -2.38. The number of benzene rings is 2. The van der Waals surface area contributed by atoms with E-state index in [2.05, 4.69) is 70.2 Å². The first-order valence-corrected chi connectivity index (χ1v) is 9.29. The van der Waals surface area contributed by atoms with Crippen molar-refractivity contribution in [2.24, 2.45) is 5.41 Å². The lowest BCUT2D eigenvalue weighted by atomic mass is 9.69. The Balaban J connectivity index is 1.78. The molecule has 2 aliphatic rings. The van der Waals surface area contributed by atoms with Gasteiger partial charge in [-0.2, -0.15) is 0 Å². The van der Waals surface area contributed by atoms with Crippen LogP contribution in [0.15, 0.2) is 36.4 Å². The third kappa shape index (κ3) is 2.67. The van der Waals surface area contributed by atoms with Gasteiger partial charge in [-0.15, -0.1) is 0 Å². The fraction of sp³-hybridized carbons (Fsp3) is 0.478. The molecule has 3 atom stereocenters. The average Bonchev–Trinajstić information content (AvgIpc) is 2.89. The molecule has 1 saturated carbocycles. The van der Waals surface area contributed by atoms with E-state index >= 15 is 0 Å². The highest BCUT2D eigenvalue weighted by molar-refractivity contribution is 5.93. The Morgan fingerprint density at radius 2 is 1.88 bits per heavy atom. The maximum absolute atomic E-state index is 6.44. The van der Waals surface area contributed by atoms with Crippen molar-refractivity contribution in [2.45, 2.75) is 58.2 Å². The summed E-state index contributed by atoms with van der Waals surface area (Å²) < 4.78 is 11.8. The second-order valence-electron chi connectivity index (χ2n) is 8.70. The number of methoxy groups -OCH3 is 1. The summed E-state index contributed by atoms with van der Waals surface area (Å²) in [6, 6.07) is 10.9. The Labute approximate surface area is 150 Å². The number of hydrogen-bond donors (Lipinski definition) is 0. The smallest absolute Gasteiger partial charge is 0.119 e. The summed E-state index contributed by atoms with van der Waals surface area (Å²) in [6.07, 6.45) is 7.34. The molecule has 132 valence electrons. The van der Waals surface area contributed by atoms with Gasteiger partial charge in [0.1, 0.15) is 5.75 Å². The molecule has 2 aliphatic carbocycles. The van der Waals surface area contributed by atoms with Gasteiger partial charge in [0.2, 0.25) is 0 Å². The molecule has 0 saturated heterocycles. The van der Waals surface area contributed by atoms with Crippen molar-refractivity contribution in [3.05, 3.63) is 47.5 Å². The molecule has 0 radical (unpaired) electrons. The van der Waals surface area contributed by atoms with Crippen LogP contribution in [0.1, 0.15) is 57.6 Å². The molecule has 2 aromatic rings. The van der Waals surface area contributed by atoms with Crippen LogP contribution >= 0.6 is 0 Å². The van der Waals surface area contributed by atoms with Gasteiger partial charge in [-0.3, -0.25) is 0 Å². The Morgan fingerprint density at radius 1 is 1.08 bits per heavy atom. The van der Waals surface area contributed by atoms with Crippen molar-refractivity contribution in [1.29, 1.82) is 0 Å². The maximum atomic E-state index is 6.44. The number of rotatable bonds is 2. The van der Waals surface area contributed by atoms with Crippen LogP contribution in [0.5, 0.6) is 5.75 Å². The minimum atomic E-state index is -0.101. The normalized spacial score (nSPS) is 28.0. The predicted molar refractivity (Wildman–Crippen MR) is 104 cm³/mol. The number of ether oxygens (including phenoxy) is 2. The first kappa shape index (κ1) is 16.7. The summed E-state index contributed by atoms with van der Waals surface area (Å²) in [7, 11) is 1.72. The average molecular weight is 336 g/mol. The first-order chi connectivity index (χ1) is 11.8. The van der Waals surface area contributed by atoms with Gasteiger partial charge in [0.15, 0.2) is 0 Å². The van der Waals surface area contributed by atoms with Crippen LogP contribution in [0.4, 0.5) is 0 Å². The van der Waals surface area contributed by atoms with E-state index in [-0.39, 0.29) is 17.1 Å². The molecule has 0 bridgehead atoms. The van der Waals surface area contributed by atoms with Crippen molar-refractivity contribution < 1.29 is 9.47 Å². The molecule has 25 heavy (non-hydrogen) atoms. The van der Waals surface area contributed by atoms with E-state index in [1.165, 1.54) is 28.3 Å². The third-order valence-electron chi connectivity index (χ3n) is 5.94. The Kier molecular flexibility index (Phi) is 3.73. The molecule has 0 amide bonds. The molecule has 0 N–H and O–H groups in total. The monoisotopic (exact) mass is 336 g/mol. The largest absolute Gasteiger partial charge is 0.497 e. The van der Waals surface area contributed by atoms with E-state index in [1.54, 1.807) is 7.11 Å². The van der Waals surface area contributed by atoms with Crippen LogP contribution < -0.4 is 4.74 Å². The fourth-order valence-corrected chi connectivity index (χ4v) is 4.72. The van der Waals surface area contributed by atoms with Gasteiger partial charge >= 0.3 is 0 Å². The number of fused-ring (bicyclic) bond motifs is 5. The Bertz CT molecular complexity index is 843. The van der Waals surface area contributed by atoms with Gasteiger partial charge in [-0.25, -0.2) is 0 Å². The second-order valence-corrected chi connectivity index (χ2v) is 8.70. The molecule has 0 aromatic heterocycles.